The van der Waals surface area contributed by atoms with E-state index in [4.69, 9.17) is 0 Å². The predicted molar refractivity (Wildman–Crippen MR) is 86.9 cm³/mol. The van der Waals surface area contributed by atoms with Crippen molar-refractivity contribution < 1.29 is 0 Å². The summed E-state index contributed by atoms with van der Waals surface area (Å²) in [6, 6.07) is 10.8. The molecule has 2 aromatic rings. The lowest BCUT2D eigenvalue weighted by Gasteiger charge is -2.17. The minimum atomic E-state index is 0.580. The van der Waals surface area contributed by atoms with E-state index in [1.165, 1.54) is 11.3 Å². The Bertz CT molecular complexity index is 545. The first kappa shape index (κ1) is 15.3. The number of hydrogen-bond acceptors (Lipinski definition) is 2. The molecular weight excluding hydrogens is 314 g/mol. The highest BCUT2D eigenvalue weighted by Crippen LogP contribution is 2.17. The zero-order valence-corrected chi connectivity index (χ0v) is 13.9. The van der Waals surface area contributed by atoms with Crippen molar-refractivity contribution >= 4 is 15.9 Å². The number of benzene rings is 1. The number of halogens is 1. The molecule has 0 spiro atoms. The first-order chi connectivity index (χ1) is 9.58. The van der Waals surface area contributed by atoms with Crippen molar-refractivity contribution in [1.82, 2.24) is 15.1 Å². The van der Waals surface area contributed by atoms with Gasteiger partial charge in [-0.25, -0.2) is 0 Å². The molecule has 0 radical (unpaired) electrons. The number of nitrogens with zero attached hydrogens (tertiary/aromatic N) is 2. The van der Waals surface area contributed by atoms with Gasteiger partial charge >= 0.3 is 0 Å². The van der Waals surface area contributed by atoms with Gasteiger partial charge in [0.1, 0.15) is 0 Å². The van der Waals surface area contributed by atoms with E-state index >= 15 is 0 Å². The van der Waals surface area contributed by atoms with Gasteiger partial charge in [0.2, 0.25) is 0 Å². The van der Waals surface area contributed by atoms with Crippen LogP contribution in [0.2, 0.25) is 0 Å². The van der Waals surface area contributed by atoms with Crippen LogP contribution >= 0.6 is 15.9 Å². The van der Waals surface area contributed by atoms with Gasteiger partial charge in [0.05, 0.1) is 5.69 Å². The van der Waals surface area contributed by atoms with Crippen molar-refractivity contribution in [2.75, 3.05) is 13.6 Å². The van der Waals surface area contributed by atoms with Crippen LogP contribution in [0.1, 0.15) is 17.0 Å². The van der Waals surface area contributed by atoms with Crippen LogP contribution in [0, 0.1) is 12.8 Å². The molecule has 1 atom stereocenters. The number of aromatic nitrogens is 2. The second-order valence-electron chi connectivity index (χ2n) is 5.36. The van der Waals surface area contributed by atoms with E-state index in [1.54, 1.807) is 0 Å². The molecule has 0 aliphatic carbocycles. The van der Waals surface area contributed by atoms with E-state index in [-0.39, 0.29) is 0 Å². The lowest BCUT2D eigenvalue weighted by atomic mass is 9.94. The SMILES string of the molecule is CNCC(Cc1ccc(Br)cc1)Cc1cc(C)nn1C. The zero-order valence-electron chi connectivity index (χ0n) is 12.4. The van der Waals surface area contributed by atoms with Crippen LogP contribution < -0.4 is 5.32 Å². The first-order valence-electron chi connectivity index (χ1n) is 6.97. The van der Waals surface area contributed by atoms with Crippen molar-refractivity contribution in [2.45, 2.75) is 19.8 Å². The number of nitrogens with one attached hydrogen (secondary N) is 1. The Balaban J connectivity index is 2.06. The molecule has 0 saturated heterocycles. The fourth-order valence-corrected chi connectivity index (χ4v) is 2.87. The molecule has 1 aromatic carbocycles. The van der Waals surface area contributed by atoms with Gasteiger partial charge in [-0.05, 0) is 63.0 Å². The Kier molecular flexibility index (Phi) is 5.38. The average Bonchev–Trinajstić information content (AvgIpc) is 2.71. The largest absolute Gasteiger partial charge is 0.319 e. The summed E-state index contributed by atoms with van der Waals surface area (Å²) in [5, 5.41) is 7.74. The molecule has 0 aliphatic heterocycles. The monoisotopic (exact) mass is 335 g/mol. The van der Waals surface area contributed by atoms with Gasteiger partial charge in [-0.1, -0.05) is 28.1 Å². The molecule has 1 N–H and O–H groups in total. The molecular formula is C16H22BrN3. The summed E-state index contributed by atoms with van der Waals surface area (Å²) in [5.41, 5.74) is 3.78. The summed E-state index contributed by atoms with van der Waals surface area (Å²) in [4.78, 5) is 0. The van der Waals surface area contributed by atoms with E-state index < -0.39 is 0 Å². The molecule has 1 heterocycles. The van der Waals surface area contributed by atoms with Crippen molar-refractivity contribution in [3.05, 3.63) is 51.8 Å². The molecule has 0 saturated carbocycles. The first-order valence-corrected chi connectivity index (χ1v) is 7.76. The molecule has 1 aromatic heterocycles. The molecule has 1 unspecified atom stereocenters. The summed E-state index contributed by atoms with van der Waals surface area (Å²) in [6.07, 6.45) is 2.13. The summed E-state index contributed by atoms with van der Waals surface area (Å²) in [7, 11) is 4.04. The predicted octanol–water partition coefficient (Wildman–Crippen LogP) is 3.11. The van der Waals surface area contributed by atoms with Crippen LogP contribution in [0.15, 0.2) is 34.8 Å². The van der Waals surface area contributed by atoms with E-state index in [0.29, 0.717) is 5.92 Å². The van der Waals surface area contributed by atoms with Crippen molar-refractivity contribution in [3.63, 3.8) is 0 Å². The summed E-state index contributed by atoms with van der Waals surface area (Å²) >= 11 is 3.48. The third-order valence-corrected chi connectivity index (χ3v) is 4.06. The van der Waals surface area contributed by atoms with Crippen LogP contribution in [0.4, 0.5) is 0 Å². The van der Waals surface area contributed by atoms with E-state index in [1.807, 2.05) is 25.7 Å². The Hall–Kier alpha value is -1.13. The topological polar surface area (TPSA) is 29.9 Å². The molecule has 4 heteroatoms. The normalized spacial score (nSPS) is 12.6. The second-order valence-corrected chi connectivity index (χ2v) is 6.27. The van der Waals surface area contributed by atoms with E-state index in [9.17, 15) is 0 Å². The maximum Gasteiger partial charge on any atom is 0.0596 e. The number of rotatable bonds is 6. The summed E-state index contributed by atoms with van der Waals surface area (Å²) in [6.45, 7) is 3.06. The summed E-state index contributed by atoms with van der Waals surface area (Å²) in [5.74, 6) is 0.580. The van der Waals surface area contributed by atoms with Gasteiger partial charge in [0, 0.05) is 17.2 Å². The fourth-order valence-electron chi connectivity index (χ4n) is 2.61. The standard InChI is InChI=1S/C16H22BrN3/c1-12-8-16(20(3)19-12)10-14(11-18-2)9-13-4-6-15(17)7-5-13/h4-8,14,18H,9-11H2,1-3H3. The van der Waals surface area contributed by atoms with E-state index in [0.717, 1.165) is 29.6 Å². The maximum absolute atomic E-state index is 4.43. The maximum atomic E-state index is 4.43. The third-order valence-electron chi connectivity index (χ3n) is 3.53. The van der Waals surface area contributed by atoms with Crippen molar-refractivity contribution in [1.29, 1.82) is 0 Å². The highest BCUT2D eigenvalue weighted by molar-refractivity contribution is 9.10. The molecule has 2 rings (SSSR count). The third kappa shape index (κ3) is 4.18. The van der Waals surface area contributed by atoms with Crippen LogP contribution in [0.3, 0.4) is 0 Å². The highest BCUT2D eigenvalue weighted by atomic mass is 79.9. The average molecular weight is 336 g/mol. The number of hydrogen-bond donors (Lipinski definition) is 1. The lowest BCUT2D eigenvalue weighted by Crippen LogP contribution is -2.23. The highest BCUT2D eigenvalue weighted by Gasteiger charge is 2.13. The van der Waals surface area contributed by atoms with Gasteiger partial charge < -0.3 is 5.32 Å². The van der Waals surface area contributed by atoms with Crippen LogP contribution in [-0.2, 0) is 19.9 Å². The molecule has 20 heavy (non-hydrogen) atoms. The van der Waals surface area contributed by atoms with Crippen LogP contribution in [0.5, 0.6) is 0 Å². The molecule has 108 valence electrons. The molecule has 0 fully saturated rings. The Labute approximate surface area is 129 Å². The zero-order chi connectivity index (χ0) is 14.5. The molecule has 3 nitrogen and oxygen atoms in total. The van der Waals surface area contributed by atoms with Crippen LogP contribution in [0.25, 0.3) is 0 Å². The quantitative estimate of drug-likeness (QED) is 0.878. The minimum Gasteiger partial charge on any atom is -0.319 e. The molecule has 0 aliphatic rings. The number of aryl methyl sites for hydroxylation is 2. The van der Waals surface area contributed by atoms with Crippen LogP contribution in [-0.4, -0.2) is 23.4 Å². The van der Waals surface area contributed by atoms with Gasteiger partial charge in [-0.3, -0.25) is 4.68 Å². The second kappa shape index (κ2) is 7.04. The lowest BCUT2D eigenvalue weighted by molar-refractivity contribution is 0.477. The van der Waals surface area contributed by atoms with Gasteiger partial charge in [-0.15, -0.1) is 0 Å². The van der Waals surface area contributed by atoms with Gasteiger partial charge in [0.25, 0.3) is 0 Å². The Morgan fingerprint density at radius 2 is 1.95 bits per heavy atom. The molecule has 0 bridgehead atoms. The van der Waals surface area contributed by atoms with Gasteiger partial charge in [0.15, 0.2) is 0 Å². The molecule has 0 amide bonds. The van der Waals surface area contributed by atoms with E-state index in [2.05, 4.69) is 56.7 Å². The Morgan fingerprint density at radius 1 is 1.25 bits per heavy atom. The smallest absolute Gasteiger partial charge is 0.0596 e. The summed E-state index contributed by atoms with van der Waals surface area (Å²) < 4.78 is 3.13. The van der Waals surface area contributed by atoms with Gasteiger partial charge in [-0.2, -0.15) is 5.10 Å². The van der Waals surface area contributed by atoms with Crippen molar-refractivity contribution in [2.24, 2.45) is 13.0 Å². The fraction of sp³-hybridized carbons (Fsp3) is 0.438. The Morgan fingerprint density at radius 3 is 2.50 bits per heavy atom. The van der Waals surface area contributed by atoms with Crippen molar-refractivity contribution in [3.8, 4) is 0 Å². The minimum absolute atomic E-state index is 0.580.